The Bertz CT molecular complexity index is 766. The van der Waals surface area contributed by atoms with Crippen LogP contribution in [0.2, 0.25) is 0 Å². The van der Waals surface area contributed by atoms with Crippen molar-refractivity contribution in [1.29, 1.82) is 0 Å². The Balaban J connectivity index is 2.37. The smallest absolute Gasteiger partial charge is 0.242 e. The van der Waals surface area contributed by atoms with Crippen molar-refractivity contribution in [2.75, 3.05) is 11.9 Å². The van der Waals surface area contributed by atoms with Gasteiger partial charge in [0.2, 0.25) is 5.91 Å². The lowest BCUT2D eigenvalue weighted by Crippen LogP contribution is -2.39. The van der Waals surface area contributed by atoms with Crippen LogP contribution in [0.4, 0.5) is 5.69 Å². The number of hydrogen-bond acceptors (Lipinski definition) is 2. The molecule has 1 N–H and O–H groups in total. The molecule has 0 bridgehead atoms. The molecule has 112 valence electrons. The molecule has 1 heterocycles. The van der Waals surface area contributed by atoms with Crippen molar-refractivity contribution in [2.45, 2.75) is 18.8 Å². The number of phenols is 1. The minimum atomic E-state index is -0.900. The molecular formula is C19H19NO2. The summed E-state index contributed by atoms with van der Waals surface area (Å²) in [5, 5.41) is 10.4. The second-order valence-corrected chi connectivity index (χ2v) is 5.80. The van der Waals surface area contributed by atoms with Gasteiger partial charge in [-0.1, -0.05) is 42.0 Å². The molecule has 0 unspecified atom stereocenters. The van der Waals surface area contributed by atoms with Gasteiger partial charge in [0, 0.05) is 18.3 Å². The van der Waals surface area contributed by atoms with Gasteiger partial charge >= 0.3 is 0 Å². The Morgan fingerprint density at radius 3 is 2.68 bits per heavy atom. The predicted molar refractivity (Wildman–Crippen MR) is 88.3 cm³/mol. The van der Waals surface area contributed by atoms with Gasteiger partial charge in [0.25, 0.3) is 0 Å². The van der Waals surface area contributed by atoms with Crippen LogP contribution in [0.25, 0.3) is 0 Å². The third-order valence-electron chi connectivity index (χ3n) is 4.46. The van der Waals surface area contributed by atoms with Crippen LogP contribution in [0.1, 0.15) is 23.1 Å². The number of likely N-dealkylation sites (N-methyl/N-ethyl adjacent to an activating group) is 1. The fraction of sp³-hybridized carbons (Fsp3) is 0.211. The van der Waals surface area contributed by atoms with Crippen molar-refractivity contribution in [3.8, 4) is 5.75 Å². The Kier molecular flexibility index (Phi) is 3.28. The first-order valence-corrected chi connectivity index (χ1v) is 7.31. The fourth-order valence-electron chi connectivity index (χ4n) is 3.41. The molecule has 0 spiro atoms. The van der Waals surface area contributed by atoms with Crippen LogP contribution in [0.3, 0.4) is 0 Å². The minimum absolute atomic E-state index is 0.0329. The molecule has 0 aliphatic carbocycles. The van der Waals surface area contributed by atoms with Gasteiger partial charge in [0.15, 0.2) is 0 Å². The van der Waals surface area contributed by atoms with E-state index in [4.69, 9.17) is 0 Å². The van der Waals surface area contributed by atoms with Crippen LogP contribution in [0.5, 0.6) is 5.75 Å². The quantitative estimate of drug-likeness (QED) is 0.879. The summed E-state index contributed by atoms with van der Waals surface area (Å²) in [6, 6.07) is 13.1. The summed E-state index contributed by atoms with van der Waals surface area (Å²) in [6.07, 6.45) is 2.19. The number of amides is 1. The average molecular weight is 293 g/mol. The number of rotatable bonds is 3. The lowest BCUT2D eigenvalue weighted by atomic mass is 9.72. The number of anilines is 1. The highest BCUT2D eigenvalue weighted by Gasteiger charge is 2.51. The molecule has 2 aromatic rings. The third kappa shape index (κ3) is 1.78. The molecule has 0 aromatic heterocycles. The van der Waals surface area contributed by atoms with Crippen LogP contribution >= 0.6 is 0 Å². The van der Waals surface area contributed by atoms with E-state index in [1.54, 1.807) is 24.1 Å². The molecule has 3 heteroatoms. The lowest BCUT2D eigenvalue weighted by molar-refractivity contribution is -0.121. The van der Waals surface area contributed by atoms with E-state index in [0.29, 0.717) is 12.0 Å². The molecule has 22 heavy (non-hydrogen) atoms. The minimum Gasteiger partial charge on any atom is -0.508 e. The van der Waals surface area contributed by atoms with Gasteiger partial charge in [-0.25, -0.2) is 0 Å². The van der Waals surface area contributed by atoms with Crippen molar-refractivity contribution in [3.63, 3.8) is 0 Å². The number of carbonyl (C=O) groups excluding carboxylic acids is 1. The summed E-state index contributed by atoms with van der Waals surface area (Å²) in [7, 11) is 1.78. The van der Waals surface area contributed by atoms with Crippen molar-refractivity contribution < 1.29 is 9.90 Å². The number of para-hydroxylation sites is 1. The van der Waals surface area contributed by atoms with E-state index in [1.807, 2.05) is 43.3 Å². The molecule has 3 nitrogen and oxygen atoms in total. The van der Waals surface area contributed by atoms with Crippen molar-refractivity contribution in [3.05, 3.63) is 71.8 Å². The molecular weight excluding hydrogens is 274 g/mol. The van der Waals surface area contributed by atoms with Gasteiger partial charge in [-0.15, -0.1) is 6.58 Å². The van der Waals surface area contributed by atoms with E-state index in [2.05, 4.69) is 6.58 Å². The van der Waals surface area contributed by atoms with E-state index in [0.717, 1.165) is 16.8 Å². The topological polar surface area (TPSA) is 40.5 Å². The number of benzene rings is 2. The number of allylic oxidation sites excluding steroid dienone is 1. The number of fused-ring (bicyclic) bond motifs is 1. The van der Waals surface area contributed by atoms with Crippen LogP contribution in [-0.4, -0.2) is 18.1 Å². The zero-order valence-corrected chi connectivity index (χ0v) is 12.8. The number of hydrogen-bond donors (Lipinski definition) is 1. The van der Waals surface area contributed by atoms with E-state index >= 15 is 0 Å². The van der Waals surface area contributed by atoms with Crippen molar-refractivity contribution >= 4 is 11.6 Å². The first-order valence-electron chi connectivity index (χ1n) is 7.31. The van der Waals surface area contributed by atoms with Gasteiger partial charge in [0.1, 0.15) is 11.2 Å². The van der Waals surface area contributed by atoms with Crippen LogP contribution in [0, 0.1) is 6.92 Å². The second kappa shape index (κ2) is 5.02. The number of aryl methyl sites for hydroxylation is 1. The molecule has 1 aliphatic heterocycles. The monoisotopic (exact) mass is 293 g/mol. The van der Waals surface area contributed by atoms with Crippen LogP contribution < -0.4 is 4.90 Å². The normalized spacial score (nSPS) is 20.1. The molecule has 0 fully saturated rings. The van der Waals surface area contributed by atoms with E-state index in [-0.39, 0.29) is 11.7 Å². The number of phenolic OH excluding ortho intramolecular Hbond substituents is 1. The molecule has 0 saturated heterocycles. The maximum Gasteiger partial charge on any atom is 0.242 e. The molecule has 3 rings (SSSR count). The molecule has 2 aromatic carbocycles. The van der Waals surface area contributed by atoms with Crippen LogP contribution in [0.15, 0.2) is 55.1 Å². The van der Waals surface area contributed by atoms with E-state index in [1.165, 1.54) is 0 Å². The summed E-state index contributed by atoms with van der Waals surface area (Å²) in [4.78, 5) is 14.8. The second-order valence-electron chi connectivity index (χ2n) is 5.80. The summed E-state index contributed by atoms with van der Waals surface area (Å²) in [5.41, 5.74) is 2.56. The largest absolute Gasteiger partial charge is 0.508 e. The maximum absolute atomic E-state index is 13.1. The zero-order valence-electron chi connectivity index (χ0n) is 12.8. The third-order valence-corrected chi connectivity index (χ3v) is 4.46. The first kappa shape index (κ1) is 14.4. The number of carbonyl (C=O) groups is 1. The van der Waals surface area contributed by atoms with Crippen LogP contribution in [-0.2, 0) is 10.2 Å². The summed E-state index contributed by atoms with van der Waals surface area (Å²) in [6.45, 7) is 5.78. The first-order chi connectivity index (χ1) is 10.5. The Morgan fingerprint density at radius 1 is 1.23 bits per heavy atom. The highest BCUT2D eigenvalue weighted by molar-refractivity contribution is 6.10. The highest BCUT2D eigenvalue weighted by atomic mass is 16.3. The molecule has 0 radical (unpaired) electrons. The van der Waals surface area contributed by atoms with Gasteiger partial charge in [-0.05, 0) is 31.0 Å². The van der Waals surface area contributed by atoms with Crippen molar-refractivity contribution in [2.24, 2.45) is 0 Å². The van der Waals surface area contributed by atoms with Gasteiger partial charge in [-0.2, -0.15) is 0 Å². The maximum atomic E-state index is 13.1. The Labute approximate surface area is 130 Å². The van der Waals surface area contributed by atoms with Gasteiger partial charge in [-0.3, -0.25) is 4.79 Å². The van der Waals surface area contributed by atoms with E-state index in [9.17, 15) is 9.90 Å². The Hall–Kier alpha value is -2.55. The standard InChI is InChI=1S/C19H19NO2/c1-4-11-19(15-12-13(2)9-10-17(15)21)14-7-5-6-8-16(14)20(3)18(19)22/h4-10,12,21H,1,11H2,2-3H3/t19-/m0/s1. The number of aromatic hydroxyl groups is 1. The van der Waals surface area contributed by atoms with Gasteiger partial charge in [0.05, 0.1) is 0 Å². The summed E-state index contributed by atoms with van der Waals surface area (Å²) < 4.78 is 0. The fourth-order valence-corrected chi connectivity index (χ4v) is 3.41. The van der Waals surface area contributed by atoms with Gasteiger partial charge < -0.3 is 10.0 Å². The summed E-state index contributed by atoms with van der Waals surface area (Å²) >= 11 is 0. The molecule has 1 aliphatic rings. The SMILES string of the molecule is C=CC[C@]1(c2cc(C)ccc2O)C(=O)N(C)c2ccccc21. The Morgan fingerprint density at radius 2 is 1.95 bits per heavy atom. The lowest BCUT2D eigenvalue weighted by Gasteiger charge is -2.28. The summed E-state index contributed by atoms with van der Waals surface area (Å²) in [5.74, 6) is 0.111. The van der Waals surface area contributed by atoms with E-state index < -0.39 is 5.41 Å². The van der Waals surface area contributed by atoms with Crippen molar-refractivity contribution in [1.82, 2.24) is 0 Å². The molecule has 0 saturated carbocycles. The molecule has 1 atom stereocenters. The average Bonchev–Trinajstić information content (AvgIpc) is 2.73. The molecule has 1 amide bonds. The highest BCUT2D eigenvalue weighted by Crippen LogP contribution is 2.50. The number of nitrogens with zero attached hydrogens (tertiary/aromatic N) is 1. The predicted octanol–water partition coefficient (Wildman–Crippen LogP) is 3.54. The zero-order chi connectivity index (χ0) is 15.9.